The fourth-order valence-corrected chi connectivity index (χ4v) is 3.80. The summed E-state index contributed by atoms with van der Waals surface area (Å²) >= 11 is 0. The molecule has 1 heterocycles. The summed E-state index contributed by atoms with van der Waals surface area (Å²) in [5.74, 6) is -0.347. The van der Waals surface area contributed by atoms with E-state index in [2.05, 4.69) is 29.6 Å². The summed E-state index contributed by atoms with van der Waals surface area (Å²) in [6.45, 7) is 2.95. The van der Waals surface area contributed by atoms with Crippen LogP contribution in [-0.4, -0.2) is 12.5 Å². The molecule has 1 unspecified atom stereocenters. The Hall–Kier alpha value is -3.12. The minimum Gasteiger partial charge on any atom is -0.327 e. The van der Waals surface area contributed by atoms with E-state index in [4.69, 9.17) is 0 Å². The zero-order chi connectivity index (χ0) is 21.1. The number of halogens is 3. The van der Waals surface area contributed by atoms with Gasteiger partial charge in [0.15, 0.2) is 0 Å². The molecule has 0 saturated carbocycles. The molecule has 1 amide bonds. The van der Waals surface area contributed by atoms with Gasteiger partial charge < -0.3 is 10.2 Å². The van der Waals surface area contributed by atoms with Gasteiger partial charge >= 0.3 is 6.18 Å². The van der Waals surface area contributed by atoms with Crippen molar-refractivity contribution in [3.8, 4) is 0 Å². The number of rotatable bonds is 4. The first kappa shape index (κ1) is 20.2. The van der Waals surface area contributed by atoms with Crippen LogP contribution in [0.15, 0.2) is 72.8 Å². The Morgan fingerprint density at radius 1 is 0.900 bits per heavy atom. The minimum atomic E-state index is -4.39. The van der Waals surface area contributed by atoms with Crippen LogP contribution in [0.5, 0.6) is 0 Å². The fraction of sp³-hybridized carbons (Fsp3) is 0.208. The molecule has 0 aliphatic carbocycles. The maximum atomic E-state index is 12.6. The number of amides is 1. The molecular formula is C24H22F3N2O+. The Kier molecular flexibility index (Phi) is 5.59. The van der Waals surface area contributed by atoms with E-state index in [1.807, 2.05) is 12.1 Å². The molecule has 0 aromatic heterocycles. The van der Waals surface area contributed by atoms with Gasteiger partial charge in [-0.15, -0.1) is 0 Å². The highest BCUT2D eigenvalue weighted by Gasteiger charge is 2.30. The molecule has 0 bridgehead atoms. The molecule has 3 aromatic carbocycles. The van der Waals surface area contributed by atoms with Crippen molar-refractivity contribution in [2.75, 3.05) is 11.9 Å². The highest BCUT2D eigenvalue weighted by atomic mass is 19.4. The second kappa shape index (κ2) is 8.32. The molecule has 0 spiro atoms. The van der Waals surface area contributed by atoms with Gasteiger partial charge in [0, 0.05) is 28.8 Å². The lowest BCUT2D eigenvalue weighted by Gasteiger charge is -2.26. The average Bonchev–Trinajstić information content (AvgIpc) is 2.74. The molecule has 6 heteroatoms. The molecule has 3 nitrogen and oxygen atoms in total. The quantitative estimate of drug-likeness (QED) is 0.666. The van der Waals surface area contributed by atoms with Crippen LogP contribution in [0.25, 0.3) is 0 Å². The second-order valence-electron chi connectivity index (χ2n) is 7.60. The number of hydrogen-bond donors (Lipinski definition) is 2. The van der Waals surface area contributed by atoms with Crippen LogP contribution in [0.2, 0.25) is 0 Å². The van der Waals surface area contributed by atoms with Crippen LogP contribution in [0, 0.1) is 0 Å². The highest BCUT2D eigenvalue weighted by molar-refractivity contribution is 6.04. The molecule has 0 saturated heterocycles. The van der Waals surface area contributed by atoms with Crippen molar-refractivity contribution in [3.05, 3.63) is 101 Å². The van der Waals surface area contributed by atoms with Crippen LogP contribution in [0.4, 0.5) is 18.9 Å². The van der Waals surface area contributed by atoms with Crippen LogP contribution in [-0.2, 0) is 25.7 Å². The maximum Gasteiger partial charge on any atom is 0.416 e. The Labute approximate surface area is 173 Å². The second-order valence-corrected chi connectivity index (χ2v) is 7.60. The normalized spacial score (nSPS) is 16.0. The van der Waals surface area contributed by atoms with Crippen LogP contribution in [0.1, 0.15) is 32.6 Å². The predicted molar refractivity (Wildman–Crippen MR) is 109 cm³/mol. The van der Waals surface area contributed by atoms with Crippen molar-refractivity contribution >= 4 is 11.6 Å². The van der Waals surface area contributed by atoms with Crippen molar-refractivity contribution in [2.45, 2.75) is 25.7 Å². The third-order valence-electron chi connectivity index (χ3n) is 5.45. The molecule has 154 valence electrons. The Balaban J connectivity index is 1.36. The van der Waals surface area contributed by atoms with E-state index in [-0.39, 0.29) is 5.91 Å². The summed E-state index contributed by atoms with van der Waals surface area (Å²) in [6.07, 6.45) is -3.32. The lowest BCUT2D eigenvalue weighted by atomic mass is 9.99. The minimum absolute atomic E-state index is 0.327. The fourth-order valence-electron chi connectivity index (χ4n) is 3.80. The molecule has 1 aliphatic heterocycles. The summed E-state index contributed by atoms with van der Waals surface area (Å²) in [7, 11) is 0. The lowest BCUT2D eigenvalue weighted by molar-refractivity contribution is -0.929. The smallest absolute Gasteiger partial charge is 0.327 e. The predicted octanol–water partition coefficient (Wildman–Crippen LogP) is 4.10. The van der Waals surface area contributed by atoms with E-state index in [0.29, 0.717) is 11.3 Å². The number of benzene rings is 3. The average molecular weight is 411 g/mol. The number of fused-ring (bicyclic) bond motifs is 1. The summed E-state index contributed by atoms with van der Waals surface area (Å²) in [5, 5.41) is 2.64. The maximum absolute atomic E-state index is 12.6. The van der Waals surface area contributed by atoms with Crippen molar-refractivity contribution in [1.82, 2.24) is 0 Å². The van der Waals surface area contributed by atoms with E-state index in [0.717, 1.165) is 43.8 Å². The molecule has 2 N–H and O–H groups in total. The third kappa shape index (κ3) is 4.71. The first-order chi connectivity index (χ1) is 14.4. The first-order valence-corrected chi connectivity index (χ1v) is 9.86. The largest absolute Gasteiger partial charge is 0.416 e. The summed E-state index contributed by atoms with van der Waals surface area (Å²) < 4.78 is 37.9. The van der Waals surface area contributed by atoms with Gasteiger partial charge in [-0.05, 0) is 42.0 Å². The highest BCUT2D eigenvalue weighted by Crippen LogP contribution is 2.29. The summed E-state index contributed by atoms with van der Waals surface area (Å²) in [5.41, 5.74) is 4.03. The number of hydrogen-bond acceptors (Lipinski definition) is 1. The molecule has 0 fully saturated rings. The monoisotopic (exact) mass is 411 g/mol. The Morgan fingerprint density at radius 2 is 1.57 bits per heavy atom. The van der Waals surface area contributed by atoms with E-state index < -0.39 is 11.7 Å². The van der Waals surface area contributed by atoms with Gasteiger partial charge in [0.2, 0.25) is 0 Å². The molecule has 3 aromatic rings. The number of anilines is 1. The molecule has 1 aliphatic rings. The Bertz CT molecular complexity index is 1030. The van der Waals surface area contributed by atoms with Crippen molar-refractivity contribution in [2.24, 2.45) is 0 Å². The number of nitrogens with one attached hydrogen (secondary N) is 2. The number of carbonyl (C=O) groups is 1. The van der Waals surface area contributed by atoms with Crippen molar-refractivity contribution < 1.29 is 22.9 Å². The van der Waals surface area contributed by atoms with Crippen molar-refractivity contribution in [1.29, 1.82) is 0 Å². The van der Waals surface area contributed by atoms with E-state index in [9.17, 15) is 18.0 Å². The zero-order valence-electron chi connectivity index (χ0n) is 16.3. The number of quaternary nitrogens is 1. The third-order valence-corrected chi connectivity index (χ3v) is 5.45. The molecule has 0 radical (unpaired) electrons. The molecule has 4 rings (SSSR count). The van der Waals surface area contributed by atoms with Crippen LogP contribution in [0.3, 0.4) is 0 Å². The molecule has 30 heavy (non-hydrogen) atoms. The van der Waals surface area contributed by atoms with Gasteiger partial charge in [0.1, 0.15) is 13.1 Å². The van der Waals surface area contributed by atoms with Gasteiger partial charge in [-0.2, -0.15) is 13.2 Å². The van der Waals surface area contributed by atoms with E-state index in [1.165, 1.54) is 28.2 Å². The number of carbonyl (C=O) groups excluding carboxylic acids is 1. The van der Waals surface area contributed by atoms with Gasteiger partial charge in [0.05, 0.1) is 12.1 Å². The van der Waals surface area contributed by atoms with E-state index in [1.54, 1.807) is 12.1 Å². The van der Waals surface area contributed by atoms with Gasteiger partial charge in [0.25, 0.3) is 5.91 Å². The molecule has 1 atom stereocenters. The zero-order valence-corrected chi connectivity index (χ0v) is 16.3. The number of alkyl halides is 3. The first-order valence-electron chi connectivity index (χ1n) is 9.86. The van der Waals surface area contributed by atoms with Gasteiger partial charge in [-0.25, -0.2) is 0 Å². The Morgan fingerprint density at radius 3 is 2.23 bits per heavy atom. The standard InChI is InChI=1S/C24H21F3N2O/c25-24(26,27)21-9-11-22(12-10-21)28-23(30)19-7-5-17(6-8-19)15-29-14-13-18-3-1-2-4-20(18)16-29/h1-12H,13-16H2,(H,28,30)/p+1. The van der Waals surface area contributed by atoms with Gasteiger partial charge in [-0.1, -0.05) is 36.4 Å². The van der Waals surface area contributed by atoms with Crippen LogP contribution >= 0.6 is 0 Å². The molecular weight excluding hydrogens is 389 g/mol. The lowest BCUT2D eigenvalue weighted by Crippen LogP contribution is -3.10. The summed E-state index contributed by atoms with van der Waals surface area (Å²) in [4.78, 5) is 13.9. The van der Waals surface area contributed by atoms with Gasteiger partial charge in [-0.3, -0.25) is 4.79 Å². The van der Waals surface area contributed by atoms with Crippen molar-refractivity contribution in [3.63, 3.8) is 0 Å². The summed E-state index contributed by atoms with van der Waals surface area (Å²) in [6, 6.07) is 20.3. The van der Waals surface area contributed by atoms with E-state index >= 15 is 0 Å². The van der Waals surface area contributed by atoms with Crippen LogP contribution < -0.4 is 10.2 Å². The SMILES string of the molecule is O=C(Nc1ccc(C(F)(F)F)cc1)c1ccc(C[NH+]2CCc3ccccc3C2)cc1. The topological polar surface area (TPSA) is 33.5 Å².